The summed E-state index contributed by atoms with van der Waals surface area (Å²) in [5.74, 6) is 0. The summed E-state index contributed by atoms with van der Waals surface area (Å²) in [5.41, 5.74) is 1.54. The molecule has 4 heteroatoms. The van der Waals surface area contributed by atoms with E-state index in [2.05, 4.69) is 50.3 Å². The predicted molar refractivity (Wildman–Crippen MR) is 77.9 cm³/mol. The van der Waals surface area contributed by atoms with Gasteiger partial charge in [0.2, 0.25) is 0 Å². The normalized spacial score (nSPS) is 28.7. The van der Waals surface area contributed by atoms with Crippen LogP contribution in [0, 0.1) is 0 Å². The number of halogens is 2. The number of hydrogen-bond donors (Lipinski definition) is 0. The second-order valence-electron chi connectivity index (χ2n) is 6.03. The van der Waals surface area contributed by atoms with Crippen molar-refractivity contribution in [2.45, 2.75) is 47.6 Å². The smallest absolute Gasteiger partial charge is 1.00 e. The molecule has 1 fully saturated rings. The van der Waals surface area contributed by atoms with Gasteiger partial charge in [0.05, 0.1) is 0 Å². The minimum Gasteiger partial charge on any atom is -1.00 e. The summed E-state index contributed by atoms with van der Waals surface area (Å²) in [6.45, 7) is 4.78. The van der Waals surface area contributed by atoms with Crippen LogP contribution in [0.15, 0.2) is 45.4 Å². The molecule has 1 atom stereocenters. The van der Waals surface area contributed by atoms with Crippen LogP contribution in [0.1, 0.15) is 26.7 Å². The molecule has 0 aromatic heterocycles. The summed E-state index contributed by atoms with van der Waals surface area (Å²) in [7, 11) is -0.989. The maximum Gasteiger partial charge on any atom is -1.00 e. The van der Waals surface area contributed by atoms with E-state index in [1.165, 1.54) is 18.9 Å². The molecule has 2 aliphatic carbocycles. The topological polar surface area (TPSA) is 0 Å². The molecule has 0 saturated carbocycles. The van der Waals surface area contributed by atoms with Crippen LogP contribution in [0.3, 0.4) is 0 Å². The second kappa shape index (κ2) is 7.26. The molecule has 0 N–H and O–H groups in total. The van der Waals surface area contributed by atoms with E-state index in [1.54, 1.807) is 17.7 Å². The molecular formula is C16H22Cl2HfSi. The van der Waals surface area contributed by atoms with Crippen molar-refractivity contribution in [1.29, 1.82) is 0 Å². The predicted octanol–water partition coefficient (Wildman–Crippen LogP) is -0.993. The molecule has 0 radical (unpaired) electrons. The third kappa shape index (κ3) is 3.04. The molecule has 3 rings (SSSR count). The summed E-state index contributed by atoms with van der Waals surface area (Å²) in [5, 5.41) is 0. The Hall–Kier alpha value is 0.627. The van der Waals surface area contributed by atoms with Crippen molar-refractivity contribution in [3.63, 3.8) is 0 Å². The van der Waals surface area contributed by atoms with E-state index in [0.29, 0.717) is 2.79 Å². The quantitative estimate of drug-likeness (QED) is 0.443. The number of hydrogen-bond acceptors (Lipinski definition) is 0. The van der Waals surface area contributed by atoms with Gasteiger partial charge in [0.15, 0.2) is 0 Å². The van der Waals surface area contributed by atoms with E-state index in [1.807, 2.05) is 3.33 Å². The van der Waals surface area contributed by atoms with Crippen LogP contribution >= 0.6 is 0 Å². The van der Waals surface area contributed by atoms with Gasteiger partial charge in [-0.05, 0) is 0 Å². The van der Waals surface area contributed by atoms with E-state index in [4.69, 9.17) is 0 Å². The van der Waals surface area contributed by atoms with Crippen molar-refractivity contribution >= 4 is 8.07 Å². The van der Waals surface area contributed by atoms with Crippen molar-refractivity contribution in [3.05, 3.63) is 45.4 Å². The fourth-order valence-electron chi connectivity index (χ4n) is 3.73. The summed E-state index contributed by atoms with van der Waals surface area (Å²) >= 11 is -0.733. The third-order valence-corrected chi connectivity index (χ3v) is 22.9. The molecule has 0 amide bonds. The first-order valence-electron chi connectivity index (χ1n) is 7.22. The Morgan fingerprint density at radius 1 is 1.30 bits per heavy atom. The minimum absolute atomic E-state index is 0. The van der Waals surface area contributed by atoms with Gasteiger partial charge in [-0.3, -0.25) is 0 Å². The average Bonchev–Trinajstić information content (AvgIpc) is 2.89. The molecule has 20 heavy (non-hydrogen) atoms. The maximum atomic E-state index is 2.71. The van der Waals surface area contributed by atoms with Gasteiger partial charge in [0, 0.05) is 0 Å². The molecule has 1 saturated heterocycles. The number of rotatable bonds is 4. The fourth-order valence-corrected chi connectivity index (χ4v) is 22.1. The Morgan fingerprint density at radius 2 is 2.05 bits per heavy atom. The van der Waals surface area contributed by atoms with Gasteiger partial charge in [-0.2, -0.15) is 0 Å². The van der Waals surface area contributed by atoms with Crippen LogP contribution in [0.25, 0.3) is 0 Å². The van der Waals surface area contributed by atoms with E-state index < -0.39 is 31.0 Å². The molecule has 1 aliphatic heterocycles. The fraction of sp³-hybridized carbons (Fsp3) is 0.500. The Balaban J connectivity index is 0.000001000. The Bertz CT molecular complexity index is 469. The van der Waals surface area contributed by atoms with Gasteiger partial charge in [0.25, 0.3) is 0 Å². The van der Waals surface area contributed by atoms with Crippen molar-refractivity contribution in [3.8, 4) is 0 Å². The average molecular weight is 492 g/mol. The van der Waals surface area contributed by atoms with Crippen LogP contribution in [-0.4, -0.2) is 8.07 Å². The number of allylic oxidation sites excluding steroid dienone is 8. The molecule has 0 aromatic carbocycles. The summed E-state index contributed by atoms with van der Waals surface area (Å²) < 4.78 is 2.50. The Kier molecular flexibility index (Phi) is 6.78. The zero-order valence-electron chi connectivity index (χ0n) is 12.3. The maximum absolute atomic E-state index is 2.71. The zero-order chi connectivity index (χ0) is 12.6. The van der Waals surface area contributed by atoms with Crippen molar-refractivity contribution in [1.82, 2.24) is 0 Å². The minimum atomic E-state index is -0.989. The summed E-state index contributed by atoms with van der Waals surface area (Å²) in [6.07, 6.45) is 17.7. The molecule has 108 valence electrons. The third-order valence-electron chi connectivity index (χ3n) is 5.07. The SMILES string of the molecule is CC[Si]1([C]2([Hf+2][C]3=CC=CC3)C=CC(C)=C2)CCC1.[Cl-].[Cl-]. The first kappa shape index (κ1) is 18.7. The summed E-state index contributed by atoms with van der Waals surface area (Å²) in [6, 6.07) is 4.71. The van der Waals surface area contributed by atoms with E-state index in [-0.39, 0.29) is 24.8 Å². The van der Waals surface area contributed by atoms with Crippen LogP contribution in [-0.2, 0) is 22.9 Å². The molecule has 0 spiro atoms. The van der Waals surface area contributed by atoms with Gasteiger partial charge in [-0.25, -0.2) is 0 Å². The molecular weight excluding hydrogens is 470 g/mol. The molecule has 0 bridgehead atoms. The van der Waals surface area contributed by atoms with Crippen molar-refractivity contribution < 1.29 is 47.7 Å². The van der Waals surface area contributed by atoms with Gasteiger partial charge < -0.3 is 24.8 Å². The molecule has 1 unspecified atom stereocenters. The van der Waals surface area contributed by atoms with Crippen LogP contribution < -0.4 is 24.8 Å². The Labute approximate surface area is 148 Å². The van der Waals surface area contributed by atoms with Crippen LogP contribution in [0.4, 0.5) is 0 Å². The molecule has 0 nitrogen and oxygen atoms in total. The van der Waals surface area contributed by atoms with Gasteiger partial charge in [-0.1, -0.05) is 0 Å². The molecule has 1 heterocycles. The van der Waals surface area contributed by atoms with Crippen LogP contribution in [0.2, 0.25) is 20.9 Å². The van der Waals surface area contributed by atoms with Crippen molar-refractivity contribution in [2.24, 2.45) is 0 Å². The van der Waals surface area contributed by atoms with Crippen LogP contribution in [0.5, 0.6) is 0 Å². The monoisotopic (exact) mass is 492 g/mol. The second-order valence-corrected chi connectivity index (χ2v) is 19.1. The summed E-state index contributed by atoms with van der Waals surface area (Å²) in [4.78, 5) is 0. The van der Waals surface area contributed by atoms with Gasteiger partial charge >= 0.3 is 124 Å². The first-order chi connectivity index (χ1) is 8.70. The van der Waals surface area contributed by atoms with Gasteiger partial charge in [0.1, 0.15) is 0 Å². The molecule has 0 aromatic rings. The molecule has 3 aliphatic rings. The Morgan fingerprint density at radius 3 is 2.45 bits per heavy atom. The van der Waals surface area contributed by atoms with E-state index in [0.717, 1.165) is 0 Å². The zero-order valence-corrected chi connectivity index (χ0v) is 18.4. The van der Waals surface area contributed by atoms with Crippen molar-refractivity contribution in [2.75, 3.05) is 0 Å². The standard InChI is InChI=1S/C11H17Si.C5H5.2ClH.Hf/c1-3-12(7-4-8-12)11-6-5-10(2)9-11;1-2-4-5-3-1;;;/h5-6,9H,3-4,7-8H2,1-2H3;1-3H,4H2;2*1H;/q;;;;+2/p-2. The van der Waals surface area contributed by atoms with Gasteiger partial charge in [-0.15, -0.1) is 0 Å². The first-order valence-corrected chi connectivity index (χ1v) is 13.4. The van der Waals surface area contributed by atoms with E-state index >= 15 is 0 Å². The van der Waals surface area contributed by atoms with E-state index in [9.17, 15) is 0 Å². The largest absolute Gasteiger partial charge is 1.00 e.